The predicted octanol–water partition coefficient (Wildman–Crippen LogP) is 17.2. The lowest BCUT2D eigenvalue weighted by Gasteiger charge is -2.27. The van der Waals surface area contributed by atoms with Crippen LogP contribution in [0.1, 0.15) is 1.43 Å². The van der Waals surface area contributed by atoms with Crippen LogP contribution in [-0.4, -0.2) is 0 Å². The van der Waals surface area contributed by atoms with E-state index in [-0.39, 0.29) is 1.43 Å². The van der Waals surface area contributed by atoms with Gasteiger partial charge in [-0.1, -0.05) is 194 Å². The summed E-state index contributed by atoms with van der Waals surface area (Å²) in [7, 11) is 0. The van der Waals surface area contributed by atoms with E-state index in [1.165, 1.54) is 44.5 Å². The molecule has 0 aliphatic heterocycles. The molecule has 0 bridgehead atoms. The quantitative estimate of drug-likeness (QED) is 0.129. The van der Waals surface area contributed by atoms with Gasteiger partial charge in [0.25, 0.3) is 0 Å². The van der Waals surface area contributed by atoms with Gasteiger partial charge in [-0.05, 0) is 128 Å². The highest BCUT2D eigenvalue weighted by Gasteiger charge is 2.16. The van der Waals surface area contributed by atoms with Crippen molar-refractivity contribution in [1.29, 1.82) is 0 Å². The molecule has 10 aromatic carbocycles. The maximum Gasteiger partial charge on any atom is 0.0462 e. The van der Waals surface area contributed by atoms with E-state index in [4.69, 9.17) is 0 Å². The lowest BCUT2D eigenvalue weighted by Crippen LogP contribution is -2.10. The molecule has 0 heterocycles. The van der Waals surface area contributed by atoms with Crippen molar-refractivity contribution in [3.63, 3.8) is 0 Å². The Kier molecular flexibility index (Phi) is 10.8. The Balaban J connectivity index is 0.00000504. The Labute approximate surface area is 366 Å². The topological polar surface area (TPSA) is 6.48 Å². The van der Waals surface area contributed by atoms with E-state index in [0.29, 0.717) is 0 Å². The van der Waals surface area contributed by atoms with E-state index in [1.807, 2.05) is 0 Å². The molecule has 10 aromatic rings. The lowest BCUT2D eigenvalue weighted by atomic mass is 10.0. The number of anilines is 6. The normalized spacial score (nSPS) is 10.9. The Morgan fingerprint density at radius 3 is 0.419 bits per heavy atom. The third-order valence-electron chi connectivity index (χ3n) is 11.5. The van der Waals surface area contributed by atoms with Crippen LogP contribution in [0.2, 0.25) is 0 Å². The summed E-state index contributed by atoms with van der Waals surface area (Å²) in [5, 5.41) is 0. The maximum absolute atomic E-state index is 2.33. The minimum absolute atomic E-state index is 0. The second-order valence-corrected chi connectivity index (χ2v) is 15.4. The molecule has 0 aliphatic rings. The van der Waals surface area contributed by atoms with Crippen molar-refractivity contribution in [2.45, 2.75) is 0 Å². The van der Waals surface area contributed by atoms with Crippen molar-refractivity contribution >= 4 is 34.1 Å². The molecule has 296 valence electrons. The van der Waals surface area contributed by atoms with Gasteiger partial charge in [0.2, 0.25) is 0 Å². The summed E-state index contributed by atoms with van der Waals surface area (Å²) in [6.07, 6.45) is 0. The monoisotopic (exact) mass is 794 g/mol. The smallest absolute Gasteiger partial charge is 0.0462 e. The van der Waals surface area contributed by atoms with E-state index in [1.54, 1.807) is 0 Å². The third kappa shape index (κ3) is 8.18. The first-order valence-corrected chi connectivity index (χ1v) is 21.2. The minimum Gasteiger partial charge on any atom is -0.311 e. The first-order chi connectivity index (χ1) is 30.7. The molecule has 0 atom stereocenters. The van der Waals surface area contributed by atoms with Crippen LogP contribution in [-0.2, 0) is 0 Å². The average Bonchev–Trinajstić information content (AvgIpc) is 3.36. The predicted molar refractivity (Wildman–Crippen MR) is 265 cm³/mol. The van der Waals surface area contributed by atoms with Crippen LogP contribution in [0.25, 0.3) is 55.6 Å². The first-order valence-electron chi connectivity index (χ1n) is 21.2. The summed E-state index contributed by atoms with van der Waals surface area (Å²) in [4.78, 5) is 4.67. The molecule has 0 amide bonds. The Morgan fingerprint density at radius 1 is 0.145 bits per heavy atom. The number of nitrogens with zero attached hydrogens (tertiary/aromatic N) is 2. The van der Waals surface area contributed by atoms with Crippen LogP contribution in [0.5, 0.6) is 0 Å². The third-order valence-corrected chi connectivity index (χ3v) is 11.5. The molecule has 0 spiro atoms. The molecule has 0 radical (unpaired) electrons. The minimum atomic E-state index is 0. The Bertz CT molecular complexity index is 2600. The maximum atomic E-state index is 2.33. The molecular weight excluding hydrogens is 749 g/mol. The molecule has 2 nitrogen and oxygen atoms in total. The van der Waals surface area contributed by atoms with Crippen molar-refractivity contribution in [2.75, 3.05) is 9.80 Å². The van der Waals surface area contributed by atoms with Gasteiger partial charge in [0.15, 0.2) is 0 Å². The molecular formula is C60H46N2. The number of hydrogen-bond donors (Lipinski definition) is 0. The van der Waals surface area contributed by atoms with Gasteiger partial charge >= 0.3 is 0 Å². The SMILES string of the molecule is [HH].c1ccc(-c2ccc(N(c3ccc(-c4ccccc4)cc3)c3ccc(-c4ccc(N(c5ccc(-c6ccccc6)cc5)c5ccc(-c6ccccc6)cc5)cc4)cc3)cc2)cc1. The van der Waals surface area contributed by atoms with Crippen molar-refractivity contribution in [3.05, 3.63) is 267 Å². The first kappa shape index (κ1) is 38.0. The largest absolute Gasteiger partial charge is 0.311 e. The highest BCUT2D eigenvalue weighted by molar-refractivity contribution is 5.83. The van der Waals surface area contributed by atoms with Crippen molar-refractivity contribution < 1.29 is 1.43 Å². The second-order valence-electron chi connectivity index (χ2n) is 15.4. The van der Waals surface area contributed by atoms with Gasteiger partial charge < -0.3 is 9.80 Å². The number of benzene rings is 10. The van der Waals surface area contributed by atoms with Crippen LogP contribution in [0, 0.1) is 0 Å². The lowest BCUT2D eigenvalue weighted by molar-refractivity contribution is 1.28. The van der Waals surface area contributed by atoms with E-state index in [0.717, 1.165) is 45.3 Å². The van der Waals surface area contributed by atoms with Crippen LogP contribution >= 0.6 is 0 Å². The summed E-state index contributed by atoms with van der Waals surface area (Å²) in [6, 6.07) is 95.5. The molecule has 0 aromatic heterocycles. The Hall–Kier alpha value is -8.20. The zero-order valence-corrected chi connectivity index (χ0v) is 34.3. The zero-order chi connectivity index (χ0) is 41.5. The van der Waals surface area contributed by atoms with E-state index in [9.17, 15) is 0 Å². The average molecular weight is 795 g/mol. The summed E-state index contributed by atoms with van der Waals surface area (Å²) >= 11 is 0. The summed E-state index contributed by atoms with van der Waals surface area (Å²) in [5.74, 6) is 0. The second kappa shape index (κ2) is 17.6. The van der Waals surface area contributed by atoms with Gasteiger partial charge in [-0.25, -0.2) is 0 Å². The standard InChI is InChI=1S/C60H44N2.H2/c1-5-13-45(14-6-1)49-21-33-55(34-22-49)61(56-35-23-50(24-36-56)46-15-7-2-8-16-46)59-41-29-53(30-42-59)54-31-43-60(44-32-54)62(57-37-25-51(26-38-57)47-17-9-3-10-18-47)58-39-27-52(28-40-58)48-19-11-4-12-20-48;/h1-44H;1H. The van der Waals surface area contributed by atoms with Crippen LogP contribution in [0.4, 0.5) is 34.1 Å². The van der Waals surface area contributed by atoms with Gasteiger partial charge in [0.1, 0.15) is 0 Å². The molecule has 62 heavy (non-hydrogen) atoms. The van der Waals surface area contributed by atoms with E-state index < -0.39 is 0 Å². The van der Waals surface area contributed by atoms with Gasteiger partial charge in [-0.15, -0.1) is 0 Å². The van der Waals surface area contributed by atoms with E-state index in [2.05, 4.69) is 277 Å². The summed E-state index contributed by atoms with van der Waals surface area (Å²) in [6.45, 7) is 0. The summed E-state index contributed by atoms with van der Waals surface area (Å²) < 4.78 is 0. The van der Waals surface area contributed by atoms with Gasteiger partial charge in [-0.3, -0.25) is 0 Å². The highest BCUT2D eigenvalue weighted by atomic mass is 15.1. The molecule has 0 saturated heterocycles. The van der Waals surface area contributed by atoms with Crippen molar-refractivity contribution in [2.24, 2.45) is 0 Å². The number of rotatable bonds is 11. The number of hydrogen-bond acceptors (Lipinski definition) is 2. The summed E-state index contributed by atoms with van der Waals surface area (Å²) in [5.41, 5.74) is 18.5. The van der Waals surface area contributed by atoms with Gasteiger partial charge in [-0.2, -0.15) is 0 Å². The van der Waals surface area contributed by atoms with Gasteiger partial charge in [0, 0.05) is 35.6 Å². The van der Waals surface area contributed by atoms with Gasteiger partial charge in [0.05, 0.1) is 0 Å². The van der Waals surface area contributed by atoms with Crippen LogP contribution in [0.15, 0.2) is 267 Å². The molecule has 0 saturated carbocycles. The van der Waals surface area contributed by atoms with Crippen molar-refractivity contribution in [3.8, 4) is 55.6 Å². The zero-order valence-electron chi connectivity index (χ0n) is 34.3. The molecule has 0 N–H and O–H groups in total. The fourth-order valence-corrected chi connectivity index (χ4v) is 8.23. The Morgan fingerprint density at radius 2 is 0.274 bits per heavy atom. The van der Waals surface area contributed by atoms with Crippen molar-refractivity contribution in [1.82, 2.24) is 0 Å². The fourth-order valence-electron chi connectivity index (χ4n) is 8.23. The fraction of sp³-hybridized carbons (Fsp3) is 0. The molecule has 0 unspecified atom stereocenters. The molecule has 0 aliphatic carbocycles. The van der Waals surface area contributed by atoms with Crippen LogP contribution < -0.4 is 9.80 Å². The van der Waals surface area contributed by atoms with E-state index >= 15 is 0 Å². The molecule has 2 heteroatoms. The van der Waals surface area contributed by atoms with Crippen LogP contribution in [0.3, 0.4) is 0 Å². The molecule has 10 rings (SSSR count). The highest BCUT2D eigenvalue weighted by Crippen LogP contribution is 2.40. The molecule has 0 fully saturated rings.